The lowest BCUT2D eigenvalue weighted by Gasteiger charge is -2.16. The van der Waals surface area contributed by atoms with E-state index in [1.165, 1.54) is 41.1 Å². The van der Waals surface area contributed by atoms with Crippen molar-refractivity contribution in [1.29, 1.82) is 0 Å². The van der Waals surface area contributed by atoms with E-state index in [2.05, 4.69) is 15.5 Å². The fourth-order valence-corrected chi connectivity index (χ4v) is 2.78. The number of hydrogen-bond donors (Lipinski definition) is 1. The number of pyridine rings is 1. The van der Waals surface area contributed by atoms with Crippen molar-refractivity contribution in [2.75, 3.05) is 0 Å². The van der Waals surface area contributed by atoms with E-state index in [1.54, 1.807) is 13.8 Å². The molecule has 1 aromatic carbocycles. The molecule has 0 aliphatic heterocycles. The van der Waals surface area contributed by atoms with E-state index in [9.17, 15) is 14.0 Å². The first-order chi connectivity index (χ1) is 13.3. The Labute approximate surface area is 161 Å². The van der Waals surface area contributed by atoms with Crippen LogP contribution in [0.4, 0.5) is 4.39 Å². The molecule has 146 valence electrons. The molecular weight excluding hydrogens is 363 g/mol. The predicted octanol–water partition coefficient (Wildman–Crippen LogP) is 3.42. The number of nitrogens with one attached hydrogen (secondary N) is 1. The maximum atomic E-state index is 13.3. The second-order valence-corrected chi connectivity index (χ2v) is 6.83. The van der Waals surface area contributed by atoms with Crippen molar-refractivity contribution in [3.05, 3.63) is 70.0 Å². The number of aryl methyl sites for hydroxylation is 1. The van der Waals surface area contributed by atoms with Crippen LogP contribution >= 0.6 is 0 Å². The van der Waals surface area contributed by atoms with Crippen molar-refractivity contribution in [3.63, 3.8) is 0 Å². The molecule has 0 aliphatic carbocycles. The third kappa shape index (κ3) is 4.00. The molecule has 8 heteroatoms. The van der Waals surface area contributed by atoms with Crippen LogP contribution in [0, 0.1) is 12.7 Å². The van der Waals surface area contributed by atoms with Gasteiger partial charge < -0.3 is 14.4 Å². The molecule has 0 unspecified atom stereocenters. The Morgan fingerprint density at radius 2 is 1.89 bits per heavy atom. The standard InChI is InChI=1S/C20H21FN4O3/c1-11(2)25-10-15(18(26)22-12(3)19-23-13(4)24-28-19)9-17(20(25)27)14-5-7-16(21)8-6-14/h5-12H,1-4H3,(H,22,26)/t12-/m1/s1. The molecule has 0 radical (unpaired) electrons. The van der Waals surface area contributed by atoms with Crippen LogP contribution in [0.1, 0.15) is 54.9 Å². The SMILES string of the molecule is Cc1noc([C@@H](C)NC(=O)c2cc(-c3ccc(F)cc3)c(=O)n(C(C)C)c2)n1. The van der Waals surface area contributed by atoms with Gasteiger partial charge in [-0.2, -0.15) is 4.98 Å². The summed E-state index contributed by atoms with van der Waals surface area (Å²) in [6, 6.07) is 6.44. The largest absolute Gasteiger partial charge is 0.340 e. The summed E-state index contributed by atoms with van der Waals surface area (Å²) in [6.45, 7) is 7.11. The van der Waals surface area contributed by atoms with Crippen molar-refractivity contribution in [2.45, 2.75) is 39.8 Å². The zero-order valence-electron chi connectivity index (χ0n) is 16.1. The van der Waals surface area contributed by atoms with Gasteiger partial charge in [0.05, 0.1) is 5.56 Å². The molecule has 2 heterocycles. The third-order valence-corrected chi connectivity index (χ3v) is 4.28. The Morgan fingerprint density at radius 3 is 2.46 bits per heavy atom. The number of amides is 1. The van der Waals surface area contributed by atoms with Crippen LogP contribution in [0.25, 0.3) is 11.1 Å². The number of carbonyl (C=O) groups is 1. The minimum absolute atomic E-state index is 0.157. The van der Waals surface area contributed by atoms with Crippen LogP contribution in [0.2, 0.25) is 0 Å². The molecule has 0 saturated carbocycles. The van der Waals surface area contributed by atoms with E-state index in [4.69, 9.17) is 4.52 Å². The van der Waals surface area contributed by atoms with Gasteiger partial charge >= 0.3 is 0 Å². The van der Waals surface area contributed by atoms with Gasteiger partial charge in [0.2, 0.25) is 5.89 Å². The molecule has 7 nitrogen and oxygen atoms in total. The summed E-state index contributed by atoms with van der Waals surface area (Å²) in [5.41, 5.74) is 0.910. The van der Waals surface area contributed by atoms with E-state index in [-0.39, 0.29) is 17.5 Å². The number of hydrogen-bond acceptors (Lipinski definition) is 5. The molecule has 2 aromatic heterocycles. The zero-order valence-corrected chi connectivity index (χ0v) is 16.1. The fraction of sp³-hybridized carbons (Fsp3) is 0.300. The summed E-state index contributed by atoms with van der Waals surface area (Å²) >= 11 is 0. The predicted molar refractivity (Wildman–Crippen MR) is 101 cm³/mol. The van der Waals surface area contributed by atoms with Crippen molar-refractivity contribution < 1.29 is 13.7 Å². The summed E-state index contributed by atoms with van der Waals surface area (Å²) in [5.74, 6) is -0.0172. The molecule has 0 aliphatic rings. The lowest BCUT2D eigenvalue weighted by molar-refractivity contribution is 0.0931. The Morgan fingerprint density at radius 1 is 1.21 bits per heavy atom. The van der Waals surface area contributed by atoms with E-state index in [0.29, 0.717) is 28.4 Å². The molecule has 28 heavy (non-hydrogen) atoms. The Balaban J connectivity index is 1.99. The molecule has 0 spiro atoms. The average Bonchev–Trinajstić information content (AvgIpc) is 3.09. The van der Waals surface area contributed by atoms with Crippen molar-refractivity contribution in [2.24, 2.45) is 0 Å². The van der Waals surface area contributed by atoms with E-state index in [1.807, 2.05) is 13.8 Å². The van der Waals surface area contributed by atoms with Crippen LogP contribution in [-0.2, 0) is 0 Å². The van der Waals surface area contributed by atoms with Crippen molar-refractivity contribution in [3.8, 4) is 11.1 Å². The normalized spacial score (nSPS) is 12.2. The summed E-state index contributed by atoms with van der Waals surface area (Å²) in [7, 11) is 0. The minimum atomic E-state index is -0.498. The monoisotopic (exact) mass is 384 g/mol. The van der Waals surface area contributed by atoms with Crippen molar-refractivity contribution >= 4 is 5.91 Å². The van der Waals surface area contributed by atoms with Gasteiger partial charge in [-0.3, -0.25) is 9.59 Å². The van der Waals surface area contributed by atoms with Crippen LogP contribution in [0.5, 0.6) is 0 Å². The molecule has 0 bridgehead atoms. The van der Waals surface area contributed by atoms with Gasteiger partial charge in [-0.05, 0) is 51.5 Å². The van der Waals surface area contributed by atoms with Gasteiger partial charge in [0.25, 0.3) is 11.5 Å². The maximum absolute atomic E-state index is 13.3. The van der Waals surface area contributed by atoms with Gasteiger partial charge in [0, 0.05) is 17.8 Å². The Hall–Kier alpha value is -3.29. The van der Waals surface area contributed by atoms with Gasteiger partial charge in [0.1, 0.15) is 11.9 Å². The number of halogens is 1. The first kappa shape index (κ1) is 19.5. The van der Waals surface area contributed by atoms with Gasteiger partial charge in [0.15, 0.2) is 5.82 Å². The van der Waals surface area contributed by atoms with E-state index in [0.717, 1.165) is 0 Å². The highest BCUT2D eigenvalue weighted by atomic mass is 19.1. The quantitative estimate of drug-likeness (QED) is 0.728. The lowest BCUT2D eigenvalue weighted by atomic mass is 10.0. The molecule has 1 atom stereocenters. The molecule has 0 fully saturated rings. The minimum Gasteiger partial charge on any atom is -0.340 e. The molecule has 1 amide bonds. The third-order valence-electron chi connectivity index (χ3n) is 4.28. The summed E-state index contributed by atoms with van der Waals surface area (Å²) in [4.78, 5) is 29.7. The van der Waals surface area contributed by atoms with Crippen LogP contribution < -0.4 is 10.9 Å². The first-order valence-corrected chi connectivity index (χ1v) is 8.89. The number of rotatable bonds is 5. The van der Waals surface area contributed by atoms with Crippen LogP contribution in [0.3, 0.4) is 0 Å². The molecular formula is C20H21FN4O3. The van der Waals surface area contributed by atoms with Gasteiger partial charge in [-0.15, -0.1) is 0 Å². The highest BCUT2D eigenvalue weighted by molar-refractivity contribution is 5.95. The number of aromatic nitrogens is 3. The summed E-state index contributed by atoms with van der Waals surface area (Å²) in [6.07, 6.45) is 1.52. The van der Waals surface area contributed by atoms with Gasteiger partial charge in [-0.1, -0.05) is 17.3 Å². The zero-order chi connectivity index (χ0) is 20.4. The fourth-order valence-electron chi connectivity index (χ4n) is 2.78. The van der Waals surface area contributed by atoms with E-state index >= 15 is 0 Å². The highest BCUT2D eigenvalue weighted by Gasteiger charge is 2.19. The topological polar surface area (TPSA) is 90.0 Å². The Bertz CT molecular complexity index is 1050. The molecule has 3 rings (SSSR count). The molecule has 0 saturated heterocycles. The second kappa shape index (κ2) is 7.75. The molecule has 3 aromatic rings. The number of benzene rings is 1. The summed E-state index contributed by atoms with van der Waals surface area (Å²) in [5, 5.41) is 6.50. The van der Waals surface area contributed by atoms with Crippen LogP contribution in [0.15, 0.2) is 45.8 Å². The average molecular weight is 384 g/mol. The first-order valence-electron chi connectivity index (χ1n) is 8.89. The maximum Gasteiger partial charge on any atom is 0.258 e. The summed E-state index contributed by atoms with van der Waals surface area (Å²) < 4.78 is 19.8. The lowest BCUT2D eigenvalue weighted by Crippen LogP contribution is -2.30. The smallest absolute Gasteiger partial charge is 0.258 e. The molecule has 1 N–H and O–H groups in total. The van der Waals surface area contributed by atoms with Crippen molar-refractivity contribution in [1.82, 2.24) is 20.0 Å². The Kier molecular flexibility index (Phi) is 5.39. The number of carbonyl (C=O) groups excluding carboxylic acids is 1. The van der Waals surface area contributed by atoms with Gasteiger partial charge in [-0.25, -0.2) is 4.39 Å². The van der Waals surface area contributed by atoms with E-state index < -0.39 is 11.9 Å². The highest BCUT2D eigenvalue weighted by Crippen LogP contribution is 2.19. The second-order valence-electron chi connectivity index (χ2n) is 6.83. The number of nitrogens with zero attached hydrogens (tertiary/aromatic N) is 3. The van der Waals surface area contributed by atoms with Crippen LogP contribution in [-0.4, -0.2) is 20.6 Å².